The molecule has 0 amide bonds. The molecule has 1 unspecified atom stereocenters. The summed E-state index contributed by atoms with van der Waals surface area (Å²) in [5.41, 5.74) is 4.23. The molecule has 0 saturated carbocycles. The first-order valence-electron chi connectivity index (χ1n) is 10.7. The van der Waals surface area contributed by atoms with Crippen LogP contribution < -0.4 is 16.7 Å². The second-order valence-corrected chi connectivity index (χ2v) is 7.96. The summed E-state index contributed by atoms with van der Waals surface area (Å²) in [6, 6.07) is 10.8. The number of H-pyrrole nitrogens is 1. The van der Waals surface area contributed by atoms with E-state index in [1.807, 2.05) is 18.2 Å². The van der Waals surface area contributed by atoms with Gasteiger partial charge in [0.05, 0.1) is 41.4 Å². The minimum absolute atomic E-state index is 0.0963. The van der Waals surface area contributed by atoms with Crippen molar-refractivity contribution in [2.75, 3.05) is 6.61 Å². The maximum atomic E-state index is 13.0. The van der Waals surface area contributed by atoms with Gasteiger partial charge in [-0.25, -0.2) is 4.79 Å². The van der Waals surface area contributed by atoms with Crippen LogP contribution in [0.3, 0.4) is 0 Å². The first kappa shape index (κ1) is 21.9. The van der Waals surface area contributed by atoms with Gasteiger partial charge in [0.25, 0.3) is 5.56 Å². The molecule has 174 valence electrons. The van der Waals surface area contributed by atoms with Crippen LogP contribution in [0.15, 0.2) is 75.8 Å². The highest BCUT2D eigenvalue weighted by molar-refractivity contribution is 6.06. The second kappa shape index (κ2) is 9.14. The van der Waals surface area contributed by atoms with Crippen LogP contribution in [0, 0.1) is 0 Å². The predicted octanol–water partition coefficient (Wildman–Crippen LogP) is 0.0995. The summed E-state index contributed by atoms with van der Waals surface area (Å²) in [4.78, 5) is 36.6. The quantitative estimate of drug-likeness (QED) is 0.416. The summed E-state index contributed by atoms with van der Waals surface area (Å²) in [6.07, 6.45) is 4.01. The van der Waals surface area contributed by atoms with Crippen molar-refractivity contribution < 1.29 is 14.9 Å². The number of hydrogen-bond acceptors (Lipinski definition) is 9. The van der Waals surface area contributed by atoms with E-state index in [-0.39, 0.29) is 18.6 Å². The number of hydrazone groups is 1. The molecule has 3 aromatic heterocycles. The molecule has 1 fully saturated rings. The molecule has 4 N–H and O–H groups in total. The molecule has 34 heavy (non-hydrogen) atoms. The molecule has 2 aliphatic heterocycles. The van der Waals surface area contributed by atoms with Crippen molar-refractivity contribution in [1.29, 1.82) is 0 Å². The number of allylic oxidation sites excluding steroid dienone is 1. The highest BCUT2D eigenvalue weighted by Crippen LogP contribution is 2.30. The highest BCUT2D eigenvalue weighted by Gasteiger charge is 2.36. The Balaban J connectivity index is 1.61. The molecule has 0 radical (unpaired) electrons. The fourth-order valence-electron chi connectivity index (χ4n) is 4.09. The van der Waals surface area contributed by atoms with Gasteiger partial charge < -0.3 is 14.9 Å². The largest absolute Gasteiger partial charge is 0.394 e. The van der Waals surface area contributed by atoms with E-state index in [1.165, 1.54) is 10.8 Å². The smallest absolute Gasteiger partial charge is 0.330 e. The SMILES string of the molecule is O=c1[nH]c(=O)n([C@H]2C[C@@H](O)[C@@H](CO)O2)cc1C1C=C(c2ccccn2)NN=C1c1ccccn1. The minimum Gasteiger partial charge on any atom is -0.394 e. The third-order valence-electron chi connectivity index (χ3n) is 5.82. The number of aromatic nitrogens is 4. The van der Waals surface area contributed by atoms with Gasteiger partial charge in [-0.05, 0) is 30.3 Å². The molecule has 11 heteroatoms. The van der Waals surface area contributed by atoms with Gasteiger partial charge >= 0.3 is 5.69 Å². The average Bonchev–Trinajstić information content (AvgIpc) is 3.25. The highest BCUT2D eigenvalue weighted by atomic mass is 16.5. The van der Waals surface area contributed by atoms with Crippen molar-refractivity contribution in [2.45, 2.75) is 30.8 Å². The van der Waals surface area contributed by atoms with Crippen molar-refractivity contribution >= 4 is 11.4 Å². The van der Waals surface area contributed by atoms with Crippen LogP contribution in [-0.4, -0.2) is 54.3 Å². The normalized spacial score (nSPS) is 24.3. The van der Waals surface area contributed by atoms with Crippen LogP contribution in [0.2, 0.25) is 0 Å². The van der Waals surface area contributed by atoms with Crippen LogP contribution >= 0.6 is 0 Å². The molecule has 5 heterocycles. The molecule has 1 saturated heterocycles. The van der Waals surface area contributed by atoms with Gasteiger partial charge in [-0.3, -0.25) is 29.7 Å². The summed E-state index contributed by atoms with van der Waals surface area (Å²) >= 11 is 0. The van der Waals surface area contributed by atoms with E-state index >= 15 is 0 Å². The van der Waals surface area contributed by atoms with E-state index in [0.717, 1.165) is 0 Å². The van der Waals surface area contributed by atoms with Gasteiger partial charge in [-0.1, -0.05) is 12.1 Å². The Morgan fingerprint density at radius 2 is 1.82 bits per heavy atom. The lowest BCUT2D eigenvalue weighted by Crippen LogP contribution is -2.37. The Morgan fingerprint density at radius 3 is 2.47 bits per heavy atom. The Morgan fingerprint density at radius 1 is 1.09 bits per heavy atom. The van der Waals surface area contributed by atoms with Gasteiger partial charge in [0.1, 0.15) is 12.3 Å². The lowest BCUT2D eigenvalue weighted by Gasteiger charge is -2.23. The average molecular weight is 462 g/mol. The lowest BCUT2D eigenvalue weighted by molar-refractivity contribution is -0.0459. The third kappa shape index (κ3) is 4.07. The molecule has 0 aromatic carbocycles. The van der Waals surface area contributed by atoms with Crippen molar-refractivity contribution in [3.8, 4) is 0 Å². The number of rotatable bonds is 5. The number of hydrogen-bond donors (Lipinski definition) is 4. The monoisotopic (exact) mass is 462 g/mol. The summed E-state index contributed by atoms with van der Waals surface area (Å²) in [5, 5.41) is 24.0. The van der Waals surface area contributed by atoms with Crippen LogP contribution in [0.1, 0.15) is 35.5 Å². The number of pyridine rings is 2. The molecule has 0 spiro atoms. The van der Waals surface area contributed by atoms with E-state index in [1.54, 1.807) is 36.7 Å². The van der Waals surface area contributed by atoms with Crippen molar-refractivity contribution in [2.24, 2.45) is 5.10 Å². The first-order valence-corrected chi connectivity index (χ1v) is 10.7. The number of aromatic amines is 1. The predicted molar refractivity (Wildman–Crippen MR) is 122 cm³/mol. The van der Waals surface area contributed by atoms with Crippen molar-refractivity contribution in [3.63, 3.8) is 0 Å². The Kier molecular flexibility index (Phi) is 5.88. The maximum absolute atomic E-state index is 13.0. The molecular weight excluding hydrogens is 440 g/mol. The van der Waals surface area contributed by atoms with E-state index in [9.17, 15) is 19.8 Å². The molecule has 0 aliphatic carbocycles. The molecule has 4 atom stereocenters. The molecular formula is C23H22N6O5. The fourth-order valence-corrected chi connectivity index (χ4v) is 4.09. The van der Waals surface area contributed by atoms with Crippen LogP contribution in [0.25, 0.3) is 5.70 Å². The first-order chi connectivity index (χ1) is 16.5. The van der Waals surface area contributed by atoms with Gasteiger partial charge in [0.2, 0.25) is 0 Å². The van der Waals surface area contributed by atoms with Crippen LogP contribution in [-0.2, 0) is 4.74 Å². The molecule has 5 rings (SSSR count). The number of aliphatic hydroxyl groups excluding tert-OH is 2. The van der Waals surface area contributed by atoms with E-state index in [0.29, 0.717) is 22.8 Å². The number of aliphatic hydroxyl groups is 2. The van der Waals surface area contributed by atoms with E-state index < -0.39 is 35.6 Å². The van der Waals surface area contributed by atoms with Gasteiger partial charge in [-0.2, -0.15) is 5.10 Å². The summed E-state index contributed by atoms with van der Waals surface area (Å²) in [5.74, 6) is -0.663. The Hall–Kier alpha value is -3.93. The molecule has 3 aromatic rings. The summed E-state index contributed by atoms with van der Waals surface area (Å²) in [7, 11) is 0. The third-order valence-corrected chi connectivity index (χ3v) is 5.82. The number of nitrogens with one attached hydrogen (secondary N) is 2. The summed E-state index contributed by atoms with van der Waals surface area (Å²) < 4.78 is 6.86. The van der Waals surface area contributed by atoms with Crippen molar-refractivity contribution in [3.05, 3.63) is 98.9 Å². The summed E-state index contributed by atoms with van der Waals surface area (Å²) in [6.45, 7) is -0.385. The van der Waals surface area contributed by atoms with Gasteiger partial charge in [0.15, 0.2) is 0 Å². The number of ether oxygens (including phenoxy) is 1. The lowest BCUT2D eigenvalue weighted by atomic mass is 9.91. The van der Waals surface area contributed by atoms with E-state index in [4.69, 9.17) is 4.74 Å². The maximum Gasteiger partial charge on any atom is 0.330 e. The zero-order chi connectivity index (χ0) is 23.7. The Labute approximate surface area is 193 Å². The topological polar surface area (TPSA) is 155 Å². The molecule has 2 aliphatic rings. The van der Waals surface area contributed by atoms with Crippen LogP contribution in [0.4, 0.5) is 0 Å². The fraction of sp³-hybridized carbons (Fsp3) is 0.261. The van der Waals surface area contributed by atoms with Crippen LogP contribution in [0.5, 0.6) is 0 Å². The van der Waals surface area contributed by atoms with E-state index in [2.05, 4.69) is 25.5 Å². The molecule has 11 nitrogen and oxygen atoms in total. The standard InChI is InChI=1S/C23H22N6O5/c30-12-19-18(31)10-20(34-19)29-11-14(22(32)26-23(29)33)13-9-17(15-5-1-3-7-24-15)27-28-21(13)16-6-2-4-8-25-16/h1-9,11,13,18-20,27,30-31H,10,12H2,(H,26,32,33)/t13?,18-,19-,20-/m1/s1. The minimum atomic E-state index is -0.933. The van der Waals surface area contributed by atoms with Crippen molar-refractivity contribution in [1.82, 2.24) is 24.9 Å². The number of nitrogens with zero attached hydrogens (tertiary/aromatic N) is 4. The molecule has 0 bridgehead atoms. The zero-order valence-corrected chi connectivity index (χ0v) is 17.9. The Bertz CT molecular complexity index is 1350. The van der Waals surface area contributed by atoms with Gasteiger partial charge in [0, 0.05) is 30.6 Å². The second-order valence-electron chi connectivity index (χ2n) is 7.96. The zero-order valence-electron chi connectivity index (χ0n) is 17.9. The van der Waals surface area contributed by atoms with Gasteiger partial charge in [-0.15, -0.1) is 0 Å².